The average Bonchev–Trinajstić information content (AvgIpc) is 2.92. The Balaban J connectivity index is 2.26. The normalized spacial score (nSPS) is 17.4. The molecule has 0 aromatic heterocycles. The number of nitrogens with one attached hydrogen (secondary N) is 1. The molecule has 8 nitrogen and oxygen atoms in total. The Morgan fingerprint density at radius 3 is 2.38 bits per heavy atom. The number of rotatable bonds is 10. The lowest BCUT2D eigenvalue weighted by Crippen LogP contribution is -2.48. The van der Waals surface area contributed by atoms with Crippen LogP contribution in [0.2, 0.25) is 0 Å². The van der Waals surface area contributed by atoms with E-state index in [0.29, 0.717) is 17.5 Å². The third-order valence-corrected chi connectivity index (χ3v) is 6.47. The van der Waals surface area contributed by atoms with Crippen molar-refractivity contribution in [2.75, 3.05) is 31.8 Å². The second kappa shape index (κ2) is 13.3. The van der Waals surface area contributed by atoms with Crippen LogP contribution in [-0.2, 0) is 30.0 Å². The number of ether oxygens (including phenoxy) is 3. The number of unbranched alkanes of at least 4 members (excludes halogenated alkanes) is 1. The Bertz CT molecular complexity index is 1320. The first-order chi connectivity index (χ1) is 19.0. The summed E-state index contributed by atoms with van der Waals surface area (Å²) in [6.45, 7) is 3.44. The van der Waals surface area contributed by atoms with Crippen molar-refractivity contribution < 1.29 is 37.0 Å². The number of amidine groups is 1. The van der Waals surface area contributed by atoms with Crippen LogP contribution in [0.4, 0.5) is 18.9 Å². The molecule has 2 unspecified atom stereocenters. The molecule has 0 bridgehead atoms. The molecule has 2 aromatic carbocycles. The summed E-state index contributed by atoms with van der Waals surface area (Å²) in [6, 6.07) is 12.5. The van der Waals surface area contributed by atoms with Gasteiger partial charge in [-0.3, -0.25) is 10.2 Å². The standard InChI is InChI=1S/C29H30F3N3O5/c1-4-5-13-39-28(37)25-24(20-11-9-19(17-33)10-12-20)23(27(36)40-15-14-38-3)18(2)35(26(25)34)22-8-6-7-21(16-22)29(30,31)32/h6-12,16,24-25,34H,4-5,13-15H2,1-3H3. The van der Waals surface area contributed by atoms with Gasteiger partial charge in [0.2, 0.25) is 0 Å². The first-order valence-electron chi connectivity index (χ1n) is 12.6. The minimum Gasteiger partial charge on any atom is -0.465 e. The number of hydrogen-bond acceptors (Lipinski definition) is 7. The van der Waals surface area contributed by atoms with Gasteiger partial charge < -0.3 is 19.1 Å². The Hall–Kier alpha value is -4.17. The molecule has 0 fully saturated rings. The minimum absolute atomic E-state index is 0.0216. The van der Waals surface area contributed by atoms with Gasteiger partial charge in [0.25, 0.3) is 0 Å². The summed E-state index contributed by atoms with van der Waals surface area (Å²) in [5.74, 6) is -4.44. The molecule has 1 N–H and O–H groups in total. The number of anilines is 1. The first kappa shape index (κ1) is 30.4. The number of alkyl halides is 3. The lowest BCUT2D eigenvalue weighted by atomic mass is 9.75. The van der Waals surface area contributed by atoms with Gasteiger partial charge in [-0.25, -0.2) is 4.79 Å². The van der Waals surface area contributed by atoms with Crippen molar-refractivity contribution in [1.29, 1.82) is 10.7 Å². The molecule has 0 spiro atoms. The van der Waals surface area contributed by atoms with Gasteiger partial charge in [0.1, 0.15) is 18.4 Å². The van der Waals surface area contributed by atoms with Gasteiger partial charge in [0, 0.05) is 24.4 Å². The molecular weight excluding hydrogens is 527 g/mol. The van der Waals surface area contributed by atoms with Crippen molar-refractivity contribution in [3.8, 4) is 6.07 Å². The average molecular weight is 558 g/mol. The van der Waals surface area contributed by atoms with Crippen molar-refractivity contribution >= 4 is 23.5 Å². The molecule has 40 heavy (non-hydrogen) atoms. The summed E-state index contributed by atoms with van der Waals surface area (Å²) in [7, 11) is 1.43. The number of nitriles is 1. The van der Waals surface area contributed by atoms with E-state index in [-0.39, 0.29) is 42.6 Å². The fourth-order valence-electron chi connectivity index (χ4n) is 4.49. The van der Waals surface area contributed by atoms with Gasteiger partial charge >= 0.3 is 18.1 Å². The molecule has 0 amide bonds. The van der Waals surface area contributed by atoms with Crippen LogP contribution in [0.1, 0.15) is 49.3 Å². The zero-order chi connectivity index (χ0) is 29.4. The largest absolute Gasteiger partial charge is 0.465 e. The number of hydrogen-bond donors (Lipinski definition) is 1. The van der Waals surface area contributed by atoms with Crippen LogP contribution in [-0.4, -0.2) is 44.7 Å². The van der Waals surface area contributed by atoms with Crippen LogP contribution < -0.4 is 4.90 Å². The van der Waals surface area contributed by atoms with E-state index >= 15 is 0 Å². The molecule has 1 heterocycles. The number of benzene rings is 2. The van der Waals surface area contributed by atoms with Crippen LogP contribution in [0.15, 0.2) is 59.8 Å². The van der Waals surface area contributed by atoms with E-state index in [0.717, 1.165) is 23.5 Å². The third-order valence-electron chi connectivity index (χ3n) is 6.47. The zero-order valence-electron chi connectivity index (χ0n) is 22.4. The highest BCUT2D eigenvalue weighted by molar-refractivity contribution is 6.14. The van der Waals surface area contributed by atoms with Crippen LogP contribution in [0.3, 0.4) is 0 Å². The zero-order valence-corrected chi connectivity index (χ0v) is 22.4. The topological polar surface area (TPSA) is 113 Å². The Morgan fingerprint density at radius 1 is 1.07 bits per heavy atom. The lowest BCUT2D eigenvalue weighted by Gasteiger charge is -2.40. The maximum Gasteiger partial charge on any atom is 0.416 e. The van der Waals surface area contributed by atoms with Crippen molar-refractivity contribution in [3.63, 3.8) is 0 Å². The van der Waals surface area contributed by atoms with Crippen molar-refractivity contribution in [1.82, 2.24) is 0 Å². The van der Waals surface area contributed by atoms with E-state index in [1.54, 1.807) is 12.1 Å². The Morgan fingerprint density at radius 2 is 1.77 bits per heavy atom. The van der Waals surface area contributed by atoms with Crippen LogP contribution >= 0.6 is 0 Å². The van der Waals surface area contributed by atoms with Gasteiger partial charge in [0.15, 0.2) is 0 Å². The second-order valence-electron chi connectivity index (χ2n) is 9.11. The number of allylic oxidation sites excluding steroid dienone is 1. The molecule has 1 aliphatic heterocycles. The number of halogens is 3. The van der Waals surface area contributed by atoms with Gasteiger partial charge in [-0.2, -0.15) is 18.4 Å². The highest BCUT2D eigenvalue weighted by atomic mass is 19.4. The lowest BCUT2D eigenvalue weighted by molar-refractivity contribution is -0.147. The fourth-order valence-corrected chi connectivity index (χ4v) is 4.49. The highest BCUT2D eigenvalue weighted by Crippen LogP contribution is 2.44. The number of carbonyl (C=O) groups is 2. The van der Waals surface area contributed by atoms with E-state index in [1.807, 2.05) is 13.0 Å². The summed E-state index contributed by atoms with van der Waals surface area (Å²) < 4.78 is 56.5. The summed E-state index contributed by atoms with van der Waals surface area (Å²) in [4.78, 5) is 28.2. The van der Waals surface area contributed by atoms with Crippen LogP contribution in [0.5, 0.6) is 0 Å². The van der Waals surface area contributed by atoms with Crippen molar-refractivity contribution in [3.05, 3.63) is 76.5 Å². The maximum atomic E-state index is 13.6. The predicted octanol–water partition coefficient (Wildman–Crippen LogP) is 5.58. The minimum atomic E-state index is -4.66. The monoisotopic (exact) mass is 557 g/mol. The predicted molar refractivity (Wildman–Crippen MR) is 140 cm³/mol. The van der Waals surface area contributed by atoms with Gasteiger partial charge in [0.05, 0.1) is 36.0 Å². The summed E-state index contributed by atoms with van der Waals surface area (Å²) in [5.41, 5.74) is -0.129. The van der Waals surface area contributed by atoms with E-state index in [1.165, 1.54) is 38.3 Å². The molecule has 1 aliphatic rings. The van der Waals surface area contributed by atoms with Crippen LogP contribution in [0, 0.1) is 22.7 Å². The van der Waals surface area contributed by atoms with Gasteiger partial charge in [-0.1, -0.05) is 31.5 Å². The molecule has 3 rings (SSSR count). The van der Waals surface area contributed by atoms with Gasteiger partial charge in [-0.15, -0.1) is 0 Å². The smallest absolute Gasteiger partial charge is 0.416 e. The van der Waals surface area contributed by atoms with Crippen molar-refractivity contribution in [2.45, 2.75) is 38.8 Å². The molecular formula is C29H30F3N3O5. The molecule has 212 valence electrons. The molecule has 0 saturated carbocycles. The summed E-state index contributed by atoms with van der Waals surface area (Å²) in [5, 5.41) is 18.3. The Labute approximate surface area is 230 Å². The number of nitrogens with zero attached hydrogens (tertiary/aromatic N) is 2. The number of esters is 2. The third kappa shape index (κ3) is 6.69. The van der Waals surface area contributed by atoms with Crippen LogP contribution in [0.25, 0.3) is 0 Å². The quantitative estimate of drug-likeness (QED) is 0.300. The highest BCUT2D eigenvalue weighted by Gasteiger charge is 2.47. The summed E-state index contributed by atoms with van der Waals surface area (Å²) in [6.07, 6.45) is -3.36. The maximum absolute atomic E-state index is 13.6. The molecule has 0 saturated heterocycles. The number of carbonyl (C=O) groups excluding carboxylic acids is 2. The molecule has 11 heteroatoms. The van der Waals surface area contributed by atoms with E-state index in [2.05, 4.69) is 0 Å². The van der Waals surface area contributed by atoms with E-state index in [4.69, 9.17) is 19.6 Å². The van der Waals surface area contributed by atoms with E-state index < -0.39 is 35.5 Å². The summed E-state index contributed by atoms with van der Waals surface area (Å²) >= 11 is 0. The number of methoxy groups -OCH3 is 1. The SMILES string of the molecule is CCCCOC(=O)C1C(=N)N(c2cccc(C(F)(F)F)c2)C(C)=C(C(=O)OCCOC)C1c1ccc(C#N)cc1. The van der Waals surface area contributed by atoms with Gasteiger partial charge in [-0.05, 0) is 49.2 Å². The molecule has 0 aliphatic carbocycles. The molecule has 0 radical (unpaired) electrons. The molecule has 2 atom stereocenters. The first-order valence-corrected chi connectivity index (χ1v) is 12.6. The van der Waals surface area contributed by atoms with E-state index in [9.17, 15) is 28.0 Å². The Kier molecular flexibility index (Phi) is 10.1. The fraction of sp³-hybridized carbons (Fsp3) is 0.379. The second-order valence-corrected chi connectivity index (χ2v) is 9.11. The van der Waals surface area contributed by atoms with Crippen molar-refractivity contribution in [2.24, 2.45) is 5.92 Å². The molecule has 2 aromatic rings.